The summed E-state index contributed by atoms with van der Waals surface area (Å²) in [6.07, 6.45) is 0. The van der Waals surface area contributed by atoms with Crippen LogP contribution in [0.15, 0.2) is 249 Å². The summed E-state index contributed by atoms with van der Waals surface area (Å²) >= 11 is 0. The van der Waals surface area contributed by atoms with Gasteiger partial charge in [0, 0.05) is 17.1 Å². The molecule has 11 aromatic rings. The van der Waals surface area contributed by atoms with Crippen LogP contribution in [-0.4, -0.2) is 0 Å². The van der Waals surface area contributed by atoms with E-state index in [0.717, 1.165) is 17.1 Å². The van der Waals surface area contributed by atoms with Crippen molar-refractivity contribution in [3.05, 3.63) is 249 Å². The van der Waals surface area contributed by atoms with E-state index < -0.39 is 0 Å². The number of rotatable bonds is 8. The van der Waals surface area contributed by atoms with E-state index in [1.165, 1.54) is 88.0 Å². The predicted molar refractivity (Wildman–Crippen MR) is 261 cm³/mol. The maximum Gasteiger partial charge on any atom is 0.0462 e. The zero-order valence-electron chi connectivity index (χ0n) is 33.6. The molecule has 0 aliphatic heterocycles. The lowest BCUT2D eigenvalue weighted by Gasteiger charge is -2.25. The first kappa shape index (κ1) is 36.1. The molecule has 0 spiro atoms. The Balaban J connectivity index is 1.15. The van der Waals surface area contributed by atoms with E-state index in [1.54, 1.807) is 0 Å². The number of nitrogens with zero attached hydrogens (tertiary/aromatic N) is 1. The monoisotopic (exact) mass is 775 g/mol. The highest BCUT2D eigenvalue weighted by molar-refractivity contribution is 6.33. The van der Waals surface area contributed by atoms with Gasteiger partial charge in [-0.05, 0) is 136 Å². The smallest absolute Gasteiger partial charge is 0.0462 e. The fraction of sp³-hybridized carbons (Fsp3) is 0. The highest BCUT2D eigenvalue weighted by atomic mass is 15.1. The zero-order chi connectivity index (χ0) is 40.5. The van der Waals surface area contributed by atoms with Gasteiger partial charge in [0.15, 0.2) is 0 Å². The average Bonchev–Trinajstić information content (AvgIpc) is 3.35. The van der Waals surface area contributed by atoms with E-state index >= 15 is 0 Å². The van der Waals surface area contributed by atoms with Gasteiger partial charge in [0.2, 0.25) is 0 Å². The molecule has 0 aromatic heterocycles. The molecular formula is C60H41N. The zero-order valence-corrected chi connectivity index (χ0v) is 33.6. The van der Waals surface area contributed by atoms with Crippen LogP contribution in [-0.2, 0) is 0 Å². The van der Waals surface area contributed by atoms with Crippen molar-refractivity contribution >= 4 is 49.4 Å². The minimum Gasteiger partial charge on any atom is -0.311 e. The van der Waals surface area contributed by atoms with Crippen molar-refractivity contribution in [1.29, 1.82) is 0 Å². The number of fused-ring (bicyclic) bond motifs is 6. The highest BCUT2D eigenvalue weighted by Crippen LogP contribution is 2.50. The summed E-state index contributed by atoms with van der Waals surface area (Å²) < 4.78 is 0. The van der Waals surface area contributed by atoms with Crippen molar-refractivity contribution in [2.24, 2.45) is 0 Å². The summed E-state index contributed by atoms with van der Waals surface area (Å²) in [6.45, 7) is 0. The molecule has 11 aromatic carbocycles. The molecule has 0 bridgehead atoms. The number of anilines is 3. The van der Waals surface area contributed by atoms with Gasteiger partial charge in [-0.3, -0.25) is 0 Å². The second kappa shape index (κ2) is 15.6. The predicted octanol–water partition coefficient (Wildman–Crippen LogP) is 17.0. The second-order valence-corrected chi connectivity index (χ2v) is 15.6. The van der Waals surface area contributed by atoms with Crippen LogP contribution >= 0.6 is 0 Å². The topological polar surface area (TPSA) is 3.24 Å². The molecule has 286 valence electrons. The molecule has 0 aliphatic rings. The average molecular weight is 776 g/mol. The van der Waals surface area contributed by atoms with Crippen LogP contribution < -0.4 is 4.90 Å². The Labute approximate surface area is 357 Å². The molecular weight excluding hydrogens is 735 g/mol. The maximum atomic E-state index is 2.44. The van der Waals surface area contributed by atoms with E-state index in [0.29, 0.717) is 0 Å². The van der Waals surface area contributed by atoms with Crippen LogP contribution in [0.4, 0.5) is 17.1 Å². The quantitative estimate of drug-likeness (QED) is 0.139. The summed E-state index contributed by atoms with van der Waals surface area (Å²) in [7, 11) is 0. The molecule has 0 saturated carbocycles. The van der Waals surface area contributed by atoms with Crippen molar-refractivity contribution < 1.29 is 0 Å². The molecule has 0 aliphatic carbocycles. The fourth-order valence-electron chi connectivity index (χ4n) is 9.19. The third-order valence-corrected chi connectivity index (χ3v) is 12.0. The molecule has 0 atom stereocenters. The van der Waals surface area contributed by atoms with Crippen LogP contribution in [0.2, 0.25) is 0 Å². The maximum absolute atomic E-state index is 2.44. The molecule has 0 unspecified atom stereocenters. The molecule has 0 heterocycles. The number of para-hydroxylation sites is 2. The molecule has 0 amide bonds. The lowest BCUT2D eigenvalue weighted by Crippen LogP contribution is -2.09. The Morgan fingerprint density at radius 2 is 0.607 bits per heavy atom. The normalized spacial score (nSPS) is 11.3. The molecule has 61 heavy (non-hydrogen) atoms. The molecule has 0 radical (unpaired) electrons. The van der Waals surface area contributed by atoms with Crippen molar-refractivity contribution in [3.8, 4) is 55.6 Å². The van der Waals surface area contributed by atoms with Crippen LogP contribution in [0.1, 0.15) is 0 Å². The van der Waals surface area contributed by atoms with Gasteiger partial charge < -0.3 is 4.90 Å². The molecule has 0 saturated heterocycles. The van der Waals surface area contributed by atoms with Gasteiger partial charge in [0.25, 0.3) is 0 Å². The Kier molecular flexibility index (Phi) is 9.26. The summed E-state index contributed by atoms with van der Waals surface area (Å²) in [4.78, 5) is 2.31. The van der Waals surface area contributed by atoms with Crippen LogP contribution in [0.25, 0.3) is 88.0 Å². The standard InChI is InChI=1S/C60H41N/c1-6-18-42(19-7-1)43-30-32-47(33-31-43)58-55(45-20-8-2-9-21-45)41-56(46-22-10-3-11-23-46)59-54-39-36-48(40-57(54)52-28-16-17-29-53(52)60(58)59)44-34-37-51(38-35-44)61(49-24-12-4-13-25-49)50-26-14-5-15-27-50/h1-41H. The minimum atomic E-state index is 1.12. The van der Waals surface area contributed by atoms with E-state index in [4.69, 9.17) is 0 Å². The van der Waals surface area contributed by atoms with Crippen molar-refractivity contribution in [1.82, 2.24) is 0 Å². The molecule has 1 heteroatoms. The highest BCUT2D eigenvalue weighted by Gasteiger charge is 2.22. The van der Waals surface area contributed by atoms with Crippen molar-refractivity contribution in [2.45, 2.75) is 0 Å². The summed E-state index contributed by atoms with van der Waals surface area (Å²) in [6, 6.07) is 90.4. The van der Waals surface area contributed by atoms with Gasteiger partial charge in [0.05, 0.1) is 0 Å². The first-order valence-corrected chi connectivity index (χ1v) is 21.0. The van der Waals surface area contributed by atoms with E-state index in [2.05, 4.69) is 254 Å². The Bertz CT molecular complexity index is 3250. The SMILES string of the molecule is c1ccc(-c2ccc(-c3c(-c4ccccc4)cc(-c4ccccc4)c4c5ccc(-c6ccc(N(c7ccccc7)c7ccccc7)cc6)cc5c5ccccc5c34)cc2)cc1. The Morgan fingerprint density at radius 3 is 1.20 bits per heavy atom. The lowest BCUT2D eigenvalue weighted by molar-refractivity contribution is 1.28. The molecule has 1 nitrogen and oxygen atoms in total. The van der Waals surface area contributed by atoms with Gasteiger partial charge >= 0.3 is 0 Å². The number of benzene rings is 11. The largest absolute Gasteiger partial charge is 0.311 e. The van der Waals surface area contributed by atoms with Crippen LogP contribution in [0.3, 0.4) is 0 Å². The third kappa shape index (κ3) is 6.63. The fourth-order valence-corrected chi connectivity index (χ4v) is 9.19. The molecule has 11 rings (SSSR count). The summed E-state index contributed by atoms with van der Waals surface area (Å²) in [5.74, 6) is 0. The Hall–Kier alpha value is -8.00. The summed E-state index contributed by atoms with van der Waals surface area (Å²) in [5.41, 5.74) is 15.5. The minimum absolute atomic E-state index is 1.12. The van der Waals surface area contributed by atoms with E-state index in [9.17, 15) is 0 Å². The van der Waals surface area contributed by atoms with Crippen molar-refractivity contribution in [3.63, 3.8) is 0 Å². The first-order valence-electron chi connectivity index (χ1n) is 21.0. The first-order chi connectivity index (χ1) is 30.3. The molecule has 0 fully saturated rings. The van der Waals surface area contributed by atoms with Crippen molar-refractivity contribution in [2.75, 3.05) is 4.90 Å². The van der Waals surface area contributed by atoms with E-state index in [1.807, 2.05) is 0 Å². The second-order valence-electron chi connectivity index (χ2n) is 15.6. The third-order valence-electron chi connectivity index (χ3n) is 12.0. The van der Waals surface area contributed by atoms with Gasteiger partial charge in [-0.1, -0.05) is 200 Å². The van der Waals surface area contributed by atoms with Gasteiger partial charge in [-0.25, -0.2) is 0 Å². The van der Waals surface area contributed by atoms with Crippen LogP contribution in [0.5, 0.6) is 0 Å². The number of hydrogen-bond acceptors (Lipinski definition) is 1. The number of hydrogen-bond donors (Lipinski definition) is 0. The summed E-state index contributed by atoms with van der Waals surface area (Å²) in [5, 5.41) is 7.52. The Morgan fingerprint density at radius 1 is 0.213 bits per heavy atom. The van der Waals surface area contributed by atoms with Gasteiger partial charge in [-0.15, -0.1) is 0 Å². The van der Waals surface area contributed by atoms with Crippen LogP contribution in [0, 0.1) is 0 Å². The van der Waals surface area contributed by atoms with Gasteiger partial charge in [-0.2, -0.15) is 0 Å². The lowest BCUT2D eigenvalue weighted by atomic mass is 9.81. The van der Waals surface area contributed by atoms with Gasteiger partial charge in [0.1, 0.15) is 0 Å². The molecule has 0 N–H and O–H groups in total. The van der Waals surface area contributed by atoms with E-state index in [-0.39, 0.29) is 0 Å².